The molecule has 5 nitrogen and oxygen atoms in total. The van der Waals surface area contributed by atoms with Crippen LogP contribution in [0.4, 0.5) is 4.39 Å². The van der Waals surface area contributed by atoms with Crippen molar-refractivity contribution in [3.05, 3.63) is 35.6 Å². The molecule has 1 saturated heterocycles. The second-order valence-electron chi connectivity index (χ2n) is 6.99. The van der Waals surface area contributed by atoms with E-state index in [1.54, 1.807) is 17.0 Å². The minimum Gasteiger partial charge on any atom is -0.370 e. The number of hydrogen-bond donors (Lipinski definition) is 1. The van der Waals surface area contributed by atoms with Crippen LogP contribution in [0, 0.1) is 5.82 Å². The van der Waals surface area contributed by atoms with E-state index in [1.165, 1.54) is 12.1 Å². The molecule has 2 amide bonds. The zero-order valence-electron chi connectivity index (χ0n) is 14.7. The monoisotopic (exact) mass is 382 g/mol. The molecule has 142 valence electrons. The molecule has 0 aromatic heterocycles. The fourth-order valence-corrected chi connectivity index (χ4v) is 3.93. The first-order valence-corrected chi connectivity index (χ1v) is 9.61. The topological polar surface area (TPSA) is 58.6 Å². The van der Waals surface area contributed by atoms with Gasteiger partial charge in [0.25, 0.3) is 0 Å². The van der Waals surface area contributed by atoms with Crippen molar-refractivity contribution >= 4 is 23.4 Å². The lowest BCUT2D eigenvalue weighted by molar-refractivity contribution is -0.150. The Balaban J connectivity index is 1.75. The average Bonchev–Trinajstić information content (AvgIpc) is 2.68. The zero-order valence-corrected chi connectivity index (χ0v) is 15.4. The lowest BCUT2D eigenvalue weighted by Crippen LogP contribution is -2.62. The molecule has 1 atom stereocenters. The number of ether oxygens (including phenoxy) is 1. The van der Waals surface area contributed by atoms with Gasteiger partial charge >= 0.3 is 0 Å². The van der Waals surface area contributed by atoms with Crippen LogP contribution in [0.15, 0.2) is 24.3 Å². The molecule has 0 spiro atoms. The summed E-state index contributed by atoms with van der Waals surface area (Å²) in [6.45, 7) is 1.28. The van der Waals surface area contributed by atoms with Gasteiger partial charge in [-0.15, -0.1) is 11.6 Å². The molecule has 1 aliphatic carbocycles. The van der Waals surface area contributed by atoms with Crippen molar-refractivity contribution in [2.45, 2.75) is 43.7 Å². The fourth-order valence-electron chi connectivity index (χ4n) is 3.86. The van der Waals surface area contributed by atoms with Gasteiger partial charge in [0, 0.05) is 6.54 Å². The lowest BCUT2D eigenvalue weighted by atomic mass is 9.80. The summed E-state index contributed by atoms with van der Waals surface area (Å²) >= 11 is 5.65. The van der Waals surface area contributed by atoms with E-state index >= 15 is 0 Å². The summed E-state index contributed by atoms with van der Waals surface area (Å²) in [7, 11) is 0. The Morgan fingerprint density at radius 2 is 1.92 bits per heavy atom. The molecule has 26 heavy (non-hydrogen) atoms. The number of nitrogens with zero attached hydrogens (tertiary/aromatic N) is 1. The summed E-state index contributed by atoms with van der Waals surface area (Å²) in [4.78, 5) is 27.0. The minimum atomic E-state index is -0.866. The van der Waals surface area contributed by atoms with Crippen LogP contribution in [0.2, 0.25) is 0 Å². The van der Waals surface area contributed by atoms with E-state index in [9.17, 15) is 14.0 Å². The van der Waals surface area contributed by atoms with Crippen molar-refractivity contribution in [2.24, 2.45) is 0 Å². The van der Waals surface area contributed by atoms with Crippen molar-refractivity contribution in [2.75, 3.05) is 25.6 Å². The summed E-state index contributed by atoms with van der Waals surface area (Å²) in [5, 5.41) is 2.89. The van der Waals surface area contributed by atoms with Gasteiger partial charge in [0.15, 0.2) is 0 Å². The summed E-state index contributed by atoms with van der Waals surface area (Å²) in [6, 6.07) is 6.14. The first-order chi connectivity index (χ1) is 12.5. The highest BCUT2D eigenvalue weighted by Crippen LogP contribution is 2.32. The van der Waals surface area contributed by atoms with E-state index in [-0.39, 0.29) is 29.6 Å². The Morgan fingerprint density at radius 1 is 1.23 bits per heavy atom. The van der Waals surface area contributed by atoms with E-state index in [0.29, 0.717) is 32.5 Å². The summed E-state index contributed by atoms with van der Waals surface area (Å²) < 4.78 is 18.9. The number of hydrogen-bond acceptors (Lipinski definition) is 3. The summed E-state index contributed by atoms with van der Waals surface area (Å²) in [5.74, 6) is -0.838. The highest BCUT2D eigenvalue weighted by Gasteiger charge is 2.44. The number of carbonyl (C=O) groups excluding carboxylic acids is 2. The molecule has 2 aliphatic rings. The van der Waals surface area contributed by atoms with Gasteiger partial charge in [0.05, 0.1) is 13.2 Å². The molecule has 7 heteroatoms. The van der Waals surface area contributed by atoms with Crippen LogP contribution < -0.4 is 5.32 Å². The summed E-state index contributed by atoms with van der Waals surface area (Å²) in [5.41, 5.74) is -0.0269. The van der Waals surface area contributed by atoms with Gasteiger partial charge in [-0.05, 0) is 30.5 Å². The minimum absolute atomic E-state index is 0.0638. The SMILES string of the molecule is O=C(CCl)NC1(C(=O)N2CCOC(c3ccc(F)cc3)C2)CCCCC1. The Hall–Kier alpha value is -1.66. The number of rotatable bonds is 4. The maximum Gasteiger partial charge on any atom is 0.248 e. The van der Waals surface area contributed by atoms with Crippen LogP contribution in [-0.4, -0.2) is 47.8 Å². The highest BCUT2D eigenvalue weighted by molar-refractivity contribution is 6.27. The normalized spacial score (nSPS) is 22.7. The van der Waals surface area contributed by atoms with Crippen LogP contribution in [0.5, 0.6) is 0 Å². The van der Waals surface area contributed by atoms with E-state index in [2.05, 4.69) is 5.32 Å². The molecule has 0 radical (unpaired) electrons. The fraction of sp³-hybridized carbons (Fsp3) is 0.579. The molecule has 1 aromatic rings. The molecule has 1 aliphatic heterocycles. The van der Waals surface area contributed by atoms with Crippen LogP contribution in [-0.2, 0) is 14.3 Å². The standard InChI is InChI=1S/C19H24ClFN2O3/c20-12-17(24)22-19(8-2-1-3-9-19)18(25)23-10-11-26-16(13-23)14-4-6-15(21)7-5-14/h4-7,16H,1-3,8-13H2,(H,22,24). The lowest BCUT2D eigenvalue weighted by Gasteiger charge is -2.42. The Kier molecular flexibility index (Phi) is 6.14. The predicted molar refractivity (Wildman–Crippen MR) is 96.4 cm³/mol. The molecule has 1 aromatic carbocycles. The largest absolute Gasteiger partial charge is 0.370 e. The molecule has 1 N–H and O–H groups in total. The third-order valence-corrected chi connectivity index (χ3v) is 5.45. The number of morpholine rings is 1. The number of halogens is 2. The third-order valence-electron chi connectivity index (χ3n) is 5.21. The molecule has 3 rings (SSSR count). The number of carbonyl (C=O) groups is 2. The highest BCUT2D eigenvalue weighted by atomic mass is 35.5. The second-order valence-corrected chi connectivity index (χ2v) is 7.25. The molecule has 1 saturated carbocycles. The number of alkyl halides is 1. The van der Waals surface area contributed by atoms with Gasteiger partial charge in [0.2, 0.25) is 11.8 Å². The molecular weight excluding hydrogens is 359 g/mol. The second kappa shape index (κ2) is 8.35. The van der Waals surface area contributed by atoms with Crippen molar-refractivity contribution in [1.29, 1.82) is 0 Å². The van der Waals surface area contributed by atoms with Gasteiger partial charge in [-0.1, -0.05) is 31.4 Å². The first-order valence-electron chi connectivity index (χ1n) is 9.07. The van der Waals surface area contributed by atoms with Crippen LogP contribution >= 0.6 is 11.6 Å². The molecule has 1 heterocycles. The third kappa shape index (κ3) is 4.18. The van der Waals surface area contributed by atoms with Gasteiger partial charge in [-0.25, -0.2) is 4.39 Å². The van der Waals surface area contributed by atoms with Gasteiger partial charge in [-0.2, -0.15) is 0 Å². The predicted octanol–water partition coefficient (Wildman–Crippen LogP) is 2.78. The quantitative estimate of drug-likeness (QED) is 0.814. The van der Waals surface area contributed by atoms with E-state index < -0.39 is 5.54 Å². The Bertz CT molecular complexity index is 647. The molecule has 1 unspecified atom stereocenters. The van der Waals surface area contributed by atoms with E-state index in [4.69, 9.17) is 16.3 Å². The van der Waals surface area contributed by atoms with Gasteiger partial charge in [-0.3, -0.25) is 9.59 Å². The van der Waals surface area contributed by atoms with Gasteiger partial charge in [0.1, 0.15) is 23.3 Å². The Labute approximate surface area is 157 Å². The molecular formula is C19H24ClFN2O3. The number of amides is 2. The van der Waals surface area contributed by atoms with E-state index in [0.717, 1.165) is 24.8 Å². The van der Waals surface area contributed by atoms with Crippen molar-refractivity contribution in [1.82, 2.24) is 10.2 Å². The van der Waals surface area contributed by atoms with Gasteiger partial charge < -0.3 is 15.0 Å². The Morgan fingerprint density at radius 3 is 2.58 bits per heavy atom. The van der Waals surface area contributed by atoms with Crippen LogP contribution in [0.25, 0.3) is 0 Å². The van der Waals surface area contributed by atoms with Crippen molar-refractivity contribution in [3.8, 4) is 0 Å². The zero-order chi connectivity index (χ0) is 18.6. The smallest absolute Gasteiger partial charge is 0.248 e. The number of nitrogens with one attached hydrogen (secondary N) is 1. The maximum absolute atomic E-state index is 13.3. The molecule has 0 bridgehead atoms. The van der Waals surface area contributed by atoms with Crippen LogP contribution in [0.3, 0.4) is 0 Å². The summed E-state index contributed by atoms with van der Waals surface area (Å²) in [6.07, 6.45) is 3.84. The maximum atomic E-state index is 13.3. The van der Waals surface area contributed by atoms with Crippen molar-refractivity contribution in [3.63, 3.8) is 0 Å². The van der Waals surface area contributed by atoms with Crippen LogP contribution in [0.1, 0.15) is 43.8 Å². The molecule has 2 fully saturated rings. The van der Waals surface area contributed by atoms with E-state index in [1.807, 2.05) is 0 Å². The number of benzene rings is 1. The average molecular weight is 383 g/mol. The van der Waals surface area contributed by atoms with Crippen molar-refractivity contribution < 1.29 is 18.7 Å². The first kappa shape index (κ1) is 19.1.